The molecule has 0 aliphatic heterocycles. The van der Waals surface area contributed by atoms with Crippen LogP contribution < -0.4 is 11.2 Å². The molecule has 1 atom stereocenters. The highest BCUT2D eigenvalue weighted by Crippen LogP contribution is 2.24. The number of alkyl halides is 4. The van der Waals surface area contributed by atoms with Crippen LogP contribution in [0.4, 0.5) is 26.7 Å². The second kappa shape index (κ2) is 4.01. The van der Waals surface area contributed by atoms with Gasteiger partial charge in [-0.15, -0.1) is 5.10 Å². The van der Waals surface area contributed by atoms with Crippen molar-refractivity contribution in [2.45, 2.75) is 12.3 Å². The molecule has 0 fully saturated rings. The number of carbonyl (C=O) groups is 1. The summed E-state index contributed by atoms with van der Waals surface area (Å²) in [6, 6.07) is -1.40. The van der Waals surface area contributed by atoms with Crippen LogP contribution in [0.15, 0.2) is 5.10 Å². The Hall–Kier alpha value is -1.41. The molecule has 0 rings (SSSR count). The van der Waals surface area contributed by atoms with Gasteiger partial charge >= 0.3 is 12.2 Å². The highest BCUT2D eigenvalue weighted by molar-refractivity contribution is 5.82. The molecule has 1 unspecified atom stereocenters. The lowest BCUT2D eigenvalue weighted by molar-refractivity contribution is -0.162. The predicted molar refractivity (Wildman–Crippen MR) is 32.2 cm³/mol. The van der Waals surface area contributed by atoms with E-state index in [9.17, 15) is 26.7 Å². The number of nitrogens with one attached hydrogen (secondary N) is 1. The van der Waals surface area contributed by atoms with E-state index >= 15 is 0 Å². The van der Waals surface area contributed by atoms with Crippen LogP contribution >= 0.6 is 0 Å². The van der Waals surface area contributed by atoms with Crippen LogP contribution in [0.25, 0.3) is 0 Å². The van der Waals surface area contributed by atoms with E-state index in [1.54, 1.807) is 0 Å². The fourth-order valence-corrected chi connectivity index (χ4v) is 0.300. The second-order valence-electron chi connectivity index (χ2n) is 1.81. The monoisotopic (exact) mass is 205 g/mol. The van der Waals surface area contributed by atoms with Crippen LogP contribution in [0.3, 0.4) is 0 Å². The zero-order valence-electron chi connectivity index (χ0n) is 5.90. The lowest BCUT2D eigenvalue weighted by Gasteiger charge is -2.08. The third-order valence-electron chi connectivity index (χ3n) is 0.769. The lowest BCUT2D eigenvalue weighted by Crippen LogP contribution is -2.33. The maximum absolute atomic E-state index is 12.0. The molecule has 9 heteroatoms. The number of rotatable bonds is 2. The van der Waals surface area contributed by atoms with Gasteiger partial charge in [0.25, 0.3) is 12.1 Å². The van der Waals surface area contributed by atoms with Gasteiger partial charge in [0.2, 0.25) is 0 Å². The third kappa shape index (κ3) is 4.23. The normalized spacial score (nSPS) is 15.3. The summed E-state index contributed by atoms with van der Waals surface area (Å²) < 4.78 is 58.1. The Kier molecular flexibility index (Phi) is 3.57. The van der Waals surface area contributed by atoms with E-state index in [0.29, 0.717) is 0 Å². The number of carbonyl (C=O) groups excluding carboxylic acids is 1. The molecule has 0 saturated carbocycles. The van der Waals surface area contributed by atoms with Gasteiger partial charge in [-0.3, -0.25) is 0 Å². The molecule has 0 heterocycles. The van der Waals surface area contributed by atoms with Crippen LogP contribution in [-0.2, 0) is 0 Å². The van der Waals surface area contributed by atoms with E-state index in [1.807, 2.05) is 0 Å². The summed E-state index contributed by atoms with van der Waals surface area (Å²) in [4.78, 5) is 9.81. The Labute approximate surface area is 68.6 Å². The molecule has 13 heavy (non-hydrogen) atoms. The van der Waals surface area contributed by atoms with Crippen molar-refractivity contribution in [2.24, 2.45) is 10.8 Å². The third-order valence-corrected chi connectivity index (χ3v) is 0.769. The zero-order valence-corrected chi connectivity index (χ0v) is 5.90. The molecule has 0 saturated heterocycles. The lowest BCUT2D eigenvalue weighted by atomic mass is 10.4. The Morgan fingerprint density at radius 3 is 2.23 bits per heavy atom. The molecule has 0 aliphatic carbocycles. The minimum atomic E-state index is -5.40. The van der Waals surface area contributed by atoms with Crippen molar-refractivity contribution in [2.75, 3.05) is 0 Å². The Bertz CT molecular complexity index is 224. The Morgan fingerprint density at radius 1 is 1.46 bits per heavy atom. The van der Waals surface area contributed by atoms with Crippen LogP contribution in [0.5, 0.6) is 0 Å². The fraction of sp³-hybridized carbons (Fsp3) is 0.500. The molecule has 0 aromatic rings. The molecule has 0 radical (unpaired) electrons. The van der Waals surface area contributed by atoms with Crippen molar-refractivity contribution in [3.8, 4) is 0 Å². The van der Waals surface area contributed by atoms with Gasteiger partial charge in [-0.1, -0.05) is 0 Å². The van der Waals surface area contributed by atoms with Gasteiger partial charge in [0, 0.05) is 0 Å². The first-order valence-electron chi connectivity index (χ1n) is 2.74. The van der Waals surface area contributed by atoms with Gasteiger partial charge in [-0.25, -0.2) is 14.6 Å². The summed E-state index contributed by atoms with van der Waals surface area (Å²) in [6.07, 6.45) is -9.26. The molecule has 76 valence electrons. The van der Waals surface area contributed by atoms with Crippen molar-refractivity contribution in [1.29, 1.82) is 0 Å². The first kappa shape index (κ1) is 11.6. The number of nitrogens with zero attached hydrogens (tertiary/aromatic N) is 1. The van der Waals surface area contributed by atoms with E-state index in [-0.39, 0.29) is 0 Å². The fourth-order valence-electron chi connectivity index (χ4n) is 0.300. The van der Waals surface area contributed by atoms with E-state index < -0.39 is 24.3 Å². The number of amides is 2. The van der Waals surface area contributed by atoms with Crippen LogP contribution in [0.2, 0.25) is 0 Å². The summed E-state index contributed by atoms with van der Waals surface area (Å²) >= 11 is 0. The first-order valence-corrected chi connectivity index (χ1v) is 2.74. The number of hydrogen-bond donors (Lipinski definition) is 2. The van der Waals surface area contributed by atoms with Gasteiger partial charge in [0.05, 0.1) is 0 Å². The minimum absolute atomic E-state index is 1.11. The molecule has 0 aromatic carbocycles. The first-order chi connectivity index (χ1) is 5.75. The number of nitrogens with two attached hydrogens (primary N) is 1. The van der Waals surface area contributed by atoms with Crippen molar-refractivity contribution in [3.63, 3.8) is 0 Å². The smallest absolute Gasteiger partial charge is 0.350 e. The summed E-state index contributed by atoms with van der Waals surface area (Å²) in [6.45, 7) is 0. The number of halogens is 5. The standard InChI is InChI=1S/C4H4F5N3O/c5-1(4(7,8)9)2(6)11-12-3(10)13/h1H,(H3,10,12,13). The average molecular weight is 205 g/mol. The summed E-state index contributed by atoms with van der Waals surface area (Å²) in [5, 5.41) is 2.12. The number of hydrogen-bond acceptors (Lipinski definition) is 2. The molecular weight excluding hydrogens is 201 g/mol. The van der Waals surface area contributed by atoms with Crippen molar-refractivity contribution in [1.82, 2.24) is 5.43 Å². The maximum atomic E-state index is 12.0. The second-order valence-corrected chi connectivity index (χ2v) is 1.81. The van der Waals surface area contributed by atoms with Crippen LogP contribution in [0.1, 0.15) is 0 Å². The highest BCUT2D eigenvalue weighted by atomic mass is 19.4. The summed E-state index contributed by atoms with van der Waals surface area (Å²) in [5.41, 5.74) is 5.43. The van der Waals surface area contributed by atoms with E-state index in [2.05, 4.69) is 10.8 Å². The highest BCUT2D eigenvalue weighted by Gasteiger charge is 2.44. The molecule has 0 aliphatic rings. The minimum Gasteiger partial charge on any atom is -0.350 e. The van der Waals surface area contributed by atoms with E-state index in [0.717, 1.165) is 5.43 Å². The van der Waals surface area contributed by atoms with Gasteiger partial charge in [0.15, 0.2) is 0 Å². The molecule has 0 spiro atoms. The van der Waals surface area contributed by atoms with Crippen molar-refractivity contribution >= 4 is 12.0 Å². The maximum Gasteiger partial charge on any atom is 0.427 e. The molecular formula is C4H4F5N3O. The topological polar surface area (TPSA) is 67.5 Å². The van der Waals surface area contributed by atoms with Gasteiger partial charge in [-0.05, 0) is 0 Å². The van der Waals surface area contributed by atoms with Crippen LogP contribution in [-0.4, -0.2) is 24.3 Å². The molecule has 3 N–H and O–H groups in total. The van der Waals surface area contributed by atoms with Crippen molar-refractivity contribution < 1.29 is 26.7 Å². The molecule has 2 amide bonds. The number of primary amides is 1. The molecule has 0 aromatic heterocycles. The van der Waals surface area contributed by atoms with E-state index in [1.165, 1.54) is 0 Å². The SMILES string of the molecule is NC(=O)NN=C(F)C(F)C(F)(F)F. The van der Waals surface area contributed by atoms with Crippen LogP contribution in [0, 0.1) is 0 Å². The summed E-state index contributed by atoms with van der Waals surface area (Å²) in [5.74, 6) is -2.41. The van der Waals surface area contributed by atoms with E-state index in [4.69, 9.17) is 0 Å². The Balaban J connectivity index is 4.33. The van der Waals surface area contributed by atoms with Gasteiger partial charge < -0.3 is 5.73 Å². The van der Waals surface area contributed by atoms with Crippen molar-refractivity contribution in [3.05, 3.63) is 0 Å². The van der Waals surface area contributed by atoms with Gasteiger partial charge in [0.1, 0.15) is 0 Å². The predicted octanol–water partition coefficient (Wildman–Crippen LogP) is 0.838. The Morgan fingerprint density at radius 2 is 1.92 bits per heavy atom. The quantitative estimate of drug-likeness (QED) is 0.391. The van der Waals surface area contributed by atoms with Gasteiger partial charge in [-0.2, -0.15) is 17.6 Å². The number of urea groups is 1. The molecule has 4 nitrogen and oxygen atoms in total. The molecule has 0 bridgehead atoms. The summed E-state index contributed by atoms with van der Waals surface area (Å²) in [7, 11) is 0. The number of hydrazone groups is 1. The zero-order chi connectivity index (χ0) is 10.6. The largest absolute Gasteiger partial charge is 0.427 e. The average Bonchev–Trinajstić information content (AvgIpc) is 1.96.